The van der Waals surface area contributed by atoms with Crippen LogP contribution >= 0.6 is 0 Å². The van der Waals surface area contributed by atoms with Crippen molar-refractivity contribution in [3.63, 3.8) is 0 Å². The van der Waals surface area contributed by atoms with Crippen LogP contribution in [0.3, 0.4) is 0 Å². The smallest absolute Gasteiger partial charge is 0.222 e. The SMILES string of the molecule is Cc1c2c(n(C)c1C)NN=CS2(=O)=O. The first kappa shape index (κ1) is 9.26. The molecule has 0 radical (unpaired) electrons. The summed E-state index contributed by atoms with van der Waals surface area (Å²) in [5.41, 5.74) is 5.35. The molecule has 0 aliphatic carbocycles. The van der Waals surface area contributed by atoms with Crippen molar-refractivity contribution in [1.82, 2.24) is 4.57 Å². The average Bonchev–Trinajstić information content (AvgIpc) is 2.31. The zero-order valence-corrected chi connectivity index (χ0v) is 9.01. The fourth-order valence-corrected chi connectivity index (χ4v) is 2.92. The van der Waals surface area contributed by atoms with Crippen LogP contribution in [0.25, 0.3) is 0 Å². The van der Waals surface area contributed by atoms with Crippen LogP contribution in [-0.4, -0.2) is 18.5 Å². The molecule has 0 aromatic carbocycles. The summed E-state index contributed by atoms with van der Waals surface area (Å²) in [5.74, 6) is 0.544. The summed E-state index contributed by atoms with van der Waals surface area (Å²) in [4.78, 5) is 0.340. The summed E-state index contributed by atoms with van der Waals surface area (Å²) in [6.07, 6.45) is 0. The Morgan fingerprint density at radius 1 is 1.43 bits per heavy atom. The van der Waals surface area contributed by atoms with Gasteiger partial charge in [-0.25, -0.2) is 8.42 Å². The molecule has 5 nitrogen and oxygen atoms in total. The van der Waals surface area contributed by atoms with Crippen LogP contribution < -0.4 is 5.43 Å². The van der Waals surface area contributed by atoms with Crippen molar-refractivity contribution in [3.8, 4) is 0 Å². The Bertz CT molecular complexity index is 525. The summed E-state index contributed by atoms with van der Waals surface area (Å²) in [5, 5.41) is 3.60. The van der Waals surface area contributed by atoms with Crippen LogP contribution in [0.5, 0.6) is 0 Å². The van der Waals surface area contributed by atoms with Crippen LogP contribution in [-0.2, 0) is 16.9 Å². The van der Waals surface area contributed by atoms with Crippen LogP contribution in [0.2, 0.25) is 0 Å². The van der Waals surface area contributed by atoms with E-state index in [9.17, 15) is 8.42 Å². The molecule has 0 bridgehead atoms. The molecule has 0 saturated heterocycles. The van der Waals surface area contributed by atoms with E-state index in [1.807, 2.05) is 14.0 Å². The first-order valence-electron chi connectivity index (χ1n) is 4.15. The third kappa shape index (κ3) is 1.00. The molecule has 1 aromatic heterocycles. The molecule has 0 atom stereocenters. The van der Waals surface area contributed by atoms with Crippen molar-refractivity contribution in [2.24, 2.45) is 12.1 Å². The predicted molar refractivity (Wildman–Crippen MR) is 54.2 cm³/mol. The number of nitrogens with one attached hydrogen (secondary N) is 1. The second-order valence-corrected chi connectivity index (χ2v) is 5.05. The Hall–Kier alpha value is -1.30. The number of hydrogen-bond donors (Lipinski definition) is 1. The number of rotatable bonds is 0. The Kier molecular flexibility index (Phi) is 1.72. The van der Waals surface area contributed by atoms with Gasteiger partial charge in [0.15, 0.2) is 0 Å². The van der Waals surface area contributed by atoms with E-state index in [0.717, 1.165) is 16.8 Å². The molecule has 76 valence electrons. The minimum Gasteiger partial charge on any atom is -0.333 e. The van der Waals surface area contributed by atoms with Gasteiger partial charge in [0, 0.05) is 12.7 Å². The Morgan fingerprint density at radius 2 is 2.07 bits per heavy atom. The molecule has 1 aromatic rings. The van der Waals surface area contributed by atoms with Crippen LogP contribution in [0, 0.1) is 13.8 Å². The maximum Gasteiger partial charge on any atom is 0.222 e. The number of sulfone groups is 1. The zero-order valence-electron chi connectivity index (χ0n) is 8.20. The highest BCUT2D eigenvalue weighted by Gasteiger charge is 2.28. The summed E-state index contributed by atoms with van der Waals surface area (Å²) in [7, 11) is -1.54. The Labute approximate surface area is 82.3 Å². The number of anilines is 1. The van der Waals surface area contributed by atoms with Crippen molar-refractivity contribution < 1.29 is 8.42 Å². The highest BCUT2D eigenvalue weighted by molar-refractivity contribution is 8.04. The lowest BCUT2D eigenvalue weighted by molar-refractivity contribution is 0.607. The second kappa shape index (κ2) is 2.60. The van der Waals surface area contributed by atoms with Crippen molar-refractivity contribution in [3.05, 3.63) is 11.3 Å². The zero-order chi connectivity index (χ0) is 10.5. The van der Waals surface area contributed by atoms with Gasteiger partial charge in [0.1, 0.15) is 16.3 Å². The lowest BCUT2D eigenvalue weighted by Gasteiger charge is -2.09. The molecular formula is C8H11N3O2S. The minimum absolute atomic E-state index is 0.340. The van der Waals surface area contributed by atoms with E-state index in [1.54, 1.807) is 11.5 Å². The van der Waals surface area contributed by atoms with Crippen LogP contribution in [0.15, 0.2) is 10.00 Å². The Balaban J connectivity index is 2.88. The molecule has 0 saturated carbocycles. The van der Waals surface area contributed by atoms with Gasteiger partial charge < -0.3 is 4.57 Å². The fourth-order valence-electron chi connectivity index (χ4n) is 1.60. The largest absolute Gasteiger partial charge is 0.333 e. The monoisotopic (exact) mass is 213 g/mol. The normalized spacial score (nSPS) is 17.6. The molecule has 6 heteroatoms. The number of aromatic nitrogens is 1. The first-order chi connectivity index (χ1) is 6.45. The van der Waals surface area contributed by atoms with E-state index >= 15 is 0 Å². The molecule has 14 heavy (non-hydrogen) atoms. The molecular weight excluding hydrogens is 202 g/mol. The lowest BCUT2D eigenvalue weighted by Crippen LogP contribution is -2.13. The van der Waals surface area contributed by atoms with E-state index in [1.165, 1.54) is 0 Å². The van der Waals surface area contributed by atoms with E-state index in [2.05, 4.69) is 10.5 Å². The molecule has 0 spiro atoms. The van der Waals surface area contributed by atoms with Crippen molar-refractivity contribution in [2.75, 3.05) is 5.43 Å². The van der Waals surface area contributed by atoms with Gasteiger partial charge in [-0.05, 0) is 19.4 Å². The molecule has 1 aliphatic rings. The maximum atomic E-state index is 11.7. The highest BCUT2D eigenvalue weighted by Crippen LogP contribution is 2.32. The lowest BCUT2D eigenvalue weighted by atomic mass is 10.3. The maximum absolute atomic E-state index is 11.7. The number of hydrazone groups is 1. The summed E-state index contributed by atoms with van der Waals surface area (Å²) < 4.78 is 25.1. The van der Waals surface area contributed by atoms with E-state index in [0.29, 0.717) is 10.7 Å². The Morgan fingerprint density at radius 3 is 2.64 bits per heavy atom. The summed E-state index contributed by atoms with van der Waals surface area (Å²) in [6, 6.07) is 0. The van der Waals surface area contributed by atoms with Gasteiger partial charge in [0.05, 0.1) is 0 Å². The fraction of sp³-hybridized carbons (Fsp3) is 0.375. The van der Waals surface area contributed by atoms with E-state index in [-0.39, 0.29) is 0 Å². The standard InChI is InChI=1S/C8H11N3O2S/c1-5-6(2)11(3)8-7(5)14(12,13)4-9-10-8/h4,10H,1-3H3. The number of fused-ring (bicyclic) bond motifs is 1. The first-order valence-corrected chi connectivity index (χ1v) is 5.70. The molecule has 2 heterocycles. The third-order valence-corrected chi connectivity index (χ3v) is 4.03. The highest BCUT2D eigenvalue weighted by atomic mass is 32.2. The van der Waals surface area contributed by atoms with Gasteiger partial charge in [0.2, 0.25) is 9.84 Å². The van der Waals surface area contributed by atoms with Crippen LogP contribution in [0.1, 0.15) is 11.3 Å². The molecule has 1 N–H and O–H groups in total. The molecule has 2 rings (SSSR count). The van der Waals surface area contributed by atoms with Gasteiger partial charge in [-0.2, -0.15) is 5.10 Å². The van der Waals surface area contributed by atoms with E-state index in [4.69, 9.17) is 0 Å². The van der Waals surface area contributed by atoms with Gasteiger partial charge in [-0.1, -0.05) is 0 Å². The predicted octanol–water partition coefficient (Wildman–Crippen LogP) is 0.784. The van der Waals surface area contributed by atoms with E-state index < -0.39 is 9.84 Å². The summed E-state index contributed by atoms with van der Waals surface area (Å²) >= 11 is 0. The van der Waals surface area contributed by atoms with Crippen molar-refractivity contribution in [1.29, 1.82) is 0 Å². The molecule has 0 amide bonds. The molecule has 0 fully saturated rings. The molecule has 0 unspecified atom stereocenters. The van der Waals surface area contributed by atoms with Gasteiger partial charge >= 0.3 is 0 Å². The molecule has 1 aliphatic heterocycles. The quantitative estimate of drug-likeness (QED) is 0.692. The minimum atomic E-state index is -3.35. The van der Waals surface area contributed by atoms with Crippen LogP contribution in [0.4, 0.5) is 5.82 Å². The topological polar surface area (TPSA) is 63.5 Å². The van der Waals surface area contributed by atoms with Gasteiger partial charge in [-0.3, -0.25) is 5.43 Å². The van der Waals surface area contributed by atoms with Crippen molar-refractivity contribution >= 4 is 21.2 Å². The second-order valence-electron chi connectivity index (χ2n) is 3.34. The summed E-state index contributed by atoms with van der Waals surface area (Å²) in [6.45, 7) is 3.68. The average molecular weight is 213 g/mol. The number of hydrogen-bond acceptors (Lipinski definition) is 4. The third-order valence-electron chi connectivity index (χ3n) is 2.58. The van der Waals surface area contributed by atoms with Gasteiger partial charge in [-0.15, -0.1) is 0 Å². The number of nitrogens with zero attached hydrogens (tertiary/aromatic N) is 2. The van der Waals surface area contributed by atoms with Crippen molar-refractivity contribution in [2.45, 2.75) is 18.7 Å². The van der Waals surface area contributed by atoms with Gasteiger partial charge in [0.25, 0.3) is 0 Å².